The van der Waals surface area contributed by atoms with Crippen LogP contribution in [0.3, 0.4) is 0 Å². The molecule has 0 atom stereocenters. The third-order valence-electron chi connectivity index (χ3n) is 7.35. The summed E-state index contributed by atoms with van der Waals surface area (Å²) in [7, 11) is 4.14. The number of aliphatic hydroxyl groups is 1. The Hall–Kier alpha value is -3.40. The molecular weight excluding hydrogens is 483 g/mol. The largest absolute Gasteiger partial charge is 0.388 e. The van der Waals surface area contributed by atoms with Crippen LogP contribution < -0.4 is 5.56 Å². The van der Waals surface area contributed by atoms with E-state index in [1.54, 1.807) is 23.0 Å². The van der Waals surface area contributed by atoms with E-state index in [4.69, 9.17) is 0 Å². The molecule has 1 aliphatic rings. The molecule has 0 radical (unpaired) electrons. The topological polar surface area (TPSA) is 79.4 Å². The van der Waals surface area contributed by atoms with Crippen molar-refractivity contribution in [3.63, 3.8) is 0 Å². The molecule has 0 spiro atoms. The first kappa shape index (κ1) is 26.2. The Kier molecular flexibility index (Phi) is 7.69. The van der Waals surface area contributed by atoms with Crippen molar-refractivity contribution in [2.45, 2.75) is 44.4 Å². The van der Waals surface area contributed by atoms with Gasteiger partial charge in [-0.3, -0.25) is 14.3 Å². The van der Waals surface area contributed by atoms with Gasteiger partial charge in [0.15, 0.2) is 5.65 Å². The maximum Gasteiger partial charge on any atom is 0.264 e. The second-order valence-electron chi connectivity index (χ2n) is 10.7. The summed E-state index contributed by atoms with van der Waals surface area (Å²) in [4.78, 5) is 22.3. The van der Waals surface area contributed by atoms with Crippen LogP contribution in [0.4, 0.5) is 4.39 Å². The quantitative estimate of drug-likeness (QED) is 0.367. The maximum atomic E-state index is 13.3. The SMILES string of the molecule is CN(C)CCCc1cccc(-n2ncc3c(=O)n(CC4(O)CCN(Cc5ccc(F)cc5)CC4)cnc32)c1. The third-order valence-corrected chi connectivity index (χ3v) is 7.35. The highest BCUT2D eigenvalue weighted by Crippen LogP contribution is 2.25. The number of hydrogen-bond donors (Lipinski definition) is 1. The maximum absolute atomic E-state index is 13.3. The van der Waals surface area contributed by atoms with Gasteiger partial charge in [0.2, 0.25) is 0 Å². The van der Waals surface area contributed by atoms with Crippen molar-refractivity contribution in [2.24, 2.45) is 0 Å². The van der Waals surface area contributed by atoms with Crippen LogP contribution in [-0.2, 0) is 19.5 Å². The lowest BCUT2D eigenvalue weighted by Gasteiger charge is -2.38. The van der Waals surface area contributed by atoms with Crippen LogP contribution >= 0.6 is 0 Å². The van der Waals surface area contributed by atoms with Crippen molar-refractivity contribution >= 4 is 11.0 Å². The predicted molar refractivity (Wildman–Crippen MR) is 146 cm³/mol. The Labute approximate surface area is 221 Å². The van der Waals surface area contributed by atoms with Crippen LogP contribution in [0.1, 0.15) is 30.4 Å². The third kappa shape index (κ3) is 6.01. The van der Waals surface area contributed by atoms with Gasteiger partial charge in [-0.2, -0.15) is 5.10 Å². The lowest BCUT2D eigenvalue weighted by molar-refractivity contribution is -0.0364. The van der Waals surface area contributed by atoms with E-state index in [9.17, 15) is 14.3 Å². The molecule has 2 aromatic carbocycles. The minimum Gasteiger partial charge on any atom is -0.388 e. The second-order valence-corrected chi connectivity index (χ2v) is 10.7. The molecule has 0 saturated carbocycles. The molecule has 3 heterocycles. The number of likely N-dealkylation sites (tertiary alicyclic amines) is 1. The van der Waals surface area contributed by atoms with E-state index in [2.05, 4.69) is 46.1 Å². The van der Waals surface area contributed by atoms with Crippen molar-refractivity contribution in [3.8, 4) is 5.69 Å². The first-order valence-corrected chi connectivity index (χ1v) is 13.2. The van der Waals surface area contributed by atoms with Gasteiger partial charge in [0, 0.05) is 19.6 Å². The molecule has 1 saturated heterocycles. The van der Waals surface area contributed by atoms with Crippen LogP contribution in [0, 0.1) is 5.82 Å². The number of piperidine rings is 1. The highest BCUT2D eigenvalue weighted by Gasteiger charge is 2.33. The molecule has 0 bridgehead atoms. The minimum absolute atomic E-state index is 0.186. The summed E-state index contributed by atoms with van der Waals surface area (Å²) in [6, 6.07) is 14.7. The average Bonchev–Trinajstić information content (AvgIpc) is 3.34. The molecule has 1 aliphatic heterocycles. The van der Waals surface area contributed by atoms with E-state index in [1.165, 1.54) is 28.6 Å². The molecule has 5 rings (SSSR count). The Morgan fingerprint density at radius 3 is 2.58 bits per heavy atom. The molecule has 200 valence electrons. The molecular formula is C29H35FN6O2. The molecule has 0 aliphatic carbocycles. The normalized spacial score (nSPS) is 15.9. The van der Waals surface area contributed by atoms with Gasteiger partial charge in [0.1, 0.15) is 17.5 Å². The zero-order valence-corrected chi connectivity index (χ0v) is 22.1. The predicted octanol–water partition coefficient (Wildman–Crippen LogP) is 3.24. The number of halogens is 1. The first-order valence-electron chi connectivity index (χ1n) is 13.2. The van der Waals surface area contributed by atoms with E-state index in [0.717, 1.165) is 30.6 Å². The number of benzene rings is 2. The smallest absolute Gasteiger partial charge is 0.264 e. The van der Waals surface area contributed by atoms with Gasteiger partial charge in [-0.05, 0) is 81.7 Å². The lowest BCUT2D eigenvalue weighted by atomic mass is 9.91. The van der Waals surface area contributed by atoms with E-state index < -0.39 is 5.60 Å². The number of nitrogens with zero attached hydrogens (tertiary/aromatic N) is 6. The average molecular weight is 519 g/mol. The zero-order valence-electron chi connectivity index (χ0n) is 22.1. The Morgan fingerprint density at radius 2 is 1.84 bits per heavy atom. The molecule has 2 aromatic heterocycles. The molecule has 0 unspecified atom stereocenters. The summed E-state index contributed by atoms with van der Waals surface area (Å²) in [6.07, 6.45) is 6.19. The summed E-state index contributed by atoms with van der Waals surface area (Å²) in [5.41, 5.74) is 2.45. The van der Waals surface area contributed by atoms with Crippen LogP contribution in [0.2, 0.25) is 0 Å². The van der Waals surface area contributed by atoms with Crippen molar-refractivity contribution in [3.05, 3.63) is 88.4 Å². The number of aromatic nitrogens is 4. The molecule has 4 aromatic rings. The van der Waals surface area contributed by atoms with Crippen molar-refractivity contribution in [1.29, 1.82) is 0 Å². The molecule has 38 heavy (non-hydrogen) atoms. The number of fused-ring (bicyclic) bond motifs is 1. The van der Waals surface area contributed by atoms with Crippen molar-refractivity contribution in [1.82, 2.24) is 29.1 Å². The van der Waals surface area contributed by atoms with Gasteiger partial charge in [-0.1, -0.05) is 24.3 Å². The summed E-state index contributed by atoms with van der Waals surface area (Å²) >= 11 is 0. The Morgan fingerprint density at radius 1 is 1.08 bits per heavy atom. The molecule has 0 amide bonds. The minimum atomic E-state index is -0.991. The van der Waals surface area contributed by atoms with E-state index >= 15 is 0 Å². The highest BCUT2D eigenvalue weighted by atomic mass is 19.1. The van der Waals surface area contributed by atoms with E-state index in [1.807, 2.05) is 12.1 Å². The van der Waals surface area contributed by atoms with Crippen LogP contribution in [0.15, 0.2) is 65.8 Å². The van der Waals surface area contributed by atoms with E-state index in [-0.39, 0.29) is 17.9 Å². The summed E-state index contributed by atoms with van der Waals surface area (Å²) < 4.78 is 16.4. The van der Waals surface area contributed by atoms with E-state index in [0.29, 0.717) is 43.5 Å². The highest BCUT2D eigenvalue weighted by molar-refractivity contribution is 5.75. The molecule has 1 fully saturated rings. The number of hydrogen-bond acceptors (Lipinski definition) is 6. The second kappa shape index (κ2) is 11.1. The van der Waals surface area contributed by atoms with Crippen molar-refractivity contribution < 1.29 is 9.50 Å². The molecule has 8 nitrogen and oxygen atoms in total. The van der Waals surface area contributed by atoms with Crippen LogP contribution in [-0.4, -0.2) is 73.6 Å². The fraction of sp³-hybridized carbons (Fsp3) is 0.414. The van der Waals surface area contributed by atoms with Crippen LogP contribution in [0.25, 0.3) is 16.7 Å². The summed E-state index contributed by atoms with van der Waals surface area (Å²) in [6.45, 7) is 3.31. The van der Waals surface area contributed by atoms with Gasteiger partial charge in [0.05, 0.1) is 24.0 Å². The summed E-state index contributed by atoms with van der Waals surface area (Å²) in [5, 5.41) is 16.2. The van der Waals surface area contributed by atoms with Gasteiger partial charge in [-0.15, -0.1) is 0 Å². The first-order chi connectivity index (χ1) is 18.3. The van der Waals surface area contributed by atoms with Gasteiger partial charge >= 0.3 is 0 Å². The van der Waals surface area contributed by atoms with Crippen LogP contribution in [0.5, 0.6) is 0 Å². The Balaban J connectivity index is 1.27. The fourth-order valence-electron chi connectivity index (χ4n) is 5.14. The lowest BCUT2D eigenvalue weighted by Crippen LogP contribution is -2.47. The van der Waals surface area contributed by atoms with Gasteiger partial charge in [-0.25, -0.2) is 14.1 Å². The molecule has 1 N–H and O–H groups in total. The van der Waals surface area contributed by atoms with Gasteiger partial charge < -0.3 is 10.0 Å². The molecule has 9 heteroatoms. The summed E-state index contributed by atoms with van der Waals surface area (Å²) in [5.74, 6) is -0.243. The zero-order chi connectivity index (χ0) is 26.7. The Bertz CT molecular complexity index is 1440. The number of rotatable bonds is 9. The fourth-order valence-corrected chi connectivity index (χ4v) is 5.14. The standard InChI is InChI=1S/C29H35FN6O2/c1-33(2)14-4-6-22-5-3-7-25(17-22)36-27-26(18-32-36)28(37)35(21-31-27)20-29(38)12-15-34(16-13-29)19-23-8-10-24(30)11-9-23/h3,5,7-11,17-18,21,38H,4,6,12-16,19-20H2,1-2H3. The van der Waals surface area contributed by atoms with Gasteiger partial charge in [0.25, 0.3) is 5.56 Å². The van der Waals surface area contributed by atoms with Crippen molar-refractivity contribution in [2.75, 3.05) is 33.7 Å². The monoisotopic (exact) mass is 518 g/mol. The number of aryl methyl sites for hydroxylation is 1.